The van der Waals surface area contributed by atoms with Crippen molar-refractivity contribution in [1.82, 2.24) is 4.90 Å². The lowest BCUT2D eigenvalue weighted by Gasteiger charge is -2.46. The Hall–Kier alpha value is -2.15. The van der Waals surface area contributed by atoms with E-state index in [0.29, 0.717) is 18.3 Å². The minimum Gasteiger partial charge on any atom is -0.379 e. The third-order valence-corrected chi connectivity index (χ3v) is 6.61. The quantitative estimate of drug-likeness (QED) is 0.773. The van der Waals surface area contributed by atoms with Crippen LogP contribution in [0.3, 0.4) is 0 Å². The van der Waals surface area contributed by atoms with Crippen molar-refractivity contribution in [2.75, 3.05) is 31.3 Å². The first kappa shape index (κ1) is 19.2. The number of Topliss-reactive ketones (excluding diaryl/α,β-unsaturated/α-hetero) is 1. The van der Waals surface area contributed by atoms with Crippen LogP contribution in [0.2, 0.25) is 0 Å². The van der Waals surface area contributed by atoms with Gasteiger partial charge in [-0.05, 0) is 24.6 Å². The SMILES string of the molecule is CC(=O)C1=NN(c2ccccc2)C(Cc2ccc(C)cc2)(N2CCOCC2)S1. The van der Waals surface area contributed by atoms with E-state index in [1.54, 1.807) is 18.7 Å². The Morgan fingerprint density at radius 2 is 1.79 bits per heavy atom. The predicted octanol–water partition coefficient (Wildman–Crippen LogP) is 3.68. The van der Waals surface area contributed by atoms with Gasteiger partial charge in [-0.15, -0.1) is 0 Å². The molecular weight excluding hydrogens is 370 g/mol. The molecule has 0 radical (unpaired) electrons. The van der Waals surface area contributed by atoms with E-state index in [9.17, 15) is 4.79 Å². The van der Waals surface area contributed by atoms with E-state index in [1.165, 1.54) is 11.1 Å². The van der Waals surface area contributed by atoms with Gasteiger partial charge in [0.1, 0.15) is 0 Å². The second kappa shape index (κ2) is 8.07. The summed E-state index contributed by atoms with van der Waals surface area (Å²) in [4.78, 5) is 14.2. The number of hydrazone groups is 1. The fraction of sp³-hybridized carbons (Fsp3) is 0.364. The zero-order valence-electron chi connectivity index (χ0n) is 16.3. The van der Waals surface area contributed by atoms with E-state index in [-0.39, 0.29) is 5.78 Å². The van der Waals surface area contributed by atoms with E-state index in [4.69, 9.17) is 9.84 Å². The molecule has 2 heterocycles. The lowest BCUT2D eigenvalue weighted by molar-refractivity contribution is -0.110. The number of hydrogen-bond donors (Lipinski definition) is 0. The van der Waals surface area contributed by atoms with Crippen LogP contribution in [0.4, 0.5) is 5.69 Å². The molecule has 2 aromatic rings. The third kappa shape index (κ3) is 3.72. The molecule has 6 heteroatoms. The summed E-state index contributed by atoms with van der Waals surface area (Å²) in [6, 6.07) is 18.8. The number of rotatable bonds is 5. The molecular formula is C22H25N3O2S. The zero-order valence-corrected chi connectivity index (χ0v) is 17.1. The topological polar surface area (TPSA) is 45.1 Å². The highest BCUT2D eigenvalue weighted by Gasteiger charge is 2.50. The van der Waals surface area contributed by atoms with Crippen LogP contribution in [0.25, 0.3) is 0 Å². The third-order valence-electron chi connectivity index (χ3n) is 5.14. The molecule has 0 aromatic heterocycles. The molecule has 0 bridgehead atoms. The lowest BCUT2D eigenvalue weighted by Crippen LogP contribution is -2.59. The summed E-state index contributed by atoms with van der Waals surface area (Å²) in [7, 11) is 0. The van der Waals surface area contributed by atoms with Crippen LogP contribution in [0, 0.1) is 6.92 Å². The van der Waals surface area contributed by atoms with Gasteiger partial charge in [0.25, 0.3) is 0 Å². The van der Waals surface area contributed by atoms with Gasteiger partial charge in [0.05, 0.1) is 18.9 Å². The Balaban J connectivity index is 1.79. The number of benzene rings is 2. The summed E-state index contributed by atoms with van der Waals surface area (Å²) in [5.74, 6) is 0.00460. The zero-order chi connectivity index (χ0) is 19.6. The Labute approximate surface area is 170 Å². The number of para-hydroxylation sites is 1. The molecule has 0 spiro atoms. The van der Waals surface area contributed by atoms with E-state index in [0.717, 1.165) is 25.2 Å². The Morgan fingerprint density at radius 1 is 1.11 bits per heavy atom. The van der Waals surface area contributed by atoms with Crippen LogP contribution >= 0.6 is 11.8 Å². The summed E-state index contributed by atoms with van der Waals surface area (Å²) in [6.07, 6.45) is 0.757. The first-order valence-corrected chi connectivity index (χ1v) is 10.4. The Bertz CT molecular complexity index is 863. The number of aryl methyl sites for hydroxylation is 1. The standard InChI is InChI=1S/C22H25N3O2S/c1-17-8-10-19(11-9-17)16-22(24-12-14-27-15-13-24)25(20-6-4-3-5-7-20)23-21(28-22)18(2)26/h3-11H,12-16H2,1-2H3. The number of morpholine rings is 1. The van der Waals surface area contributed by atoms with E-state index in [1.807, 2.05) is 23.2 Å². The van der Waals surface area contributed by atoms with Crippen molar-refractivity contribution < 1.29 is 9.53 Å². The van der Waals surface area contributed by atoms with Gasteiger partial charge in [0.2, 0.25) is 0 Å². The predicted molar refractivity (Wildman–Crippen MR) is 115 cm³/mol. The molecule has 1 saturated heterocycles. The van der Waals surface area contributed by atoms with Crippen LogP contribution in [0.1, 0.15) is 18.1 Å². The fourth-order valence-electron chi connectivity index (χ4n) is 3.66. The highest BCUT2D eigenvalue weighted by atomic mass is 32.2. The molecule has 1 unspecified atom stereocenters. The summed E-state index contributed by atoms with van der Waals surface area (Å²) in [6.45, 7) is 6.68. The van der Waals surface area contributed by atoms with Gasteiger partial charge in [-0.25, -0.2) is 5.01 Å². The lowest BCUT2D eigenvalue weighted by atomic mass is 10.1. The first-order chi connectivity index (χ1) is 13.6. The first-order valence-electron chi connectivity index (χ1n) is 9.61. The number of ether oxygens (including phenoxy) is 1. The van der Waals surface area contributed by atoms with Crippen molar-refractivity contribution in [3.63, 3.8) is 0 Å². The summed E-state index contributed by atoms with van der Waals surface area (Å²) < 4.78 is 5.61. The fourth-order valence-corrected chi connectivity index (χ4v) is 5.02. The monoisotopic (exact) mass is 395 g/mol. The number of anilines is 1. The Kier molecular flexibility index (Phi) is 5.53. The van der Waals surface area contributed by atoms with Crippen molar-refractivity contribution in [3.05, 3.63) is 65.7 Å². The minimum atomic E-state index is -0.485. The van der Waals surface area contributed by atoms with Crippen LogP contribution in [0.15, 0.2) is 59.7 Å². The molecule has 28 heavy (non-hydrogen) atoms. The van der Waals surface area contributed by atoms with Crippen LogP contribution in [-0.2, 0) is 16.0 Å². The van der Waals surface area contributed by atoms with E-state index < -0.39 is 4.99 Å². The molecule has 2 aliphatic rings. The van der Waals surface area contributed by atoms with Gasteiger partial charge in [-0.2, -0.15) is 5.10 Å². The van der Waals surface area contributed by atoms with Gasteiger partial charge >= 0.3 is 0 Å². The van der Waals surface area contributed by atoms with Gasteiger partial charge in [0, 0.05) is 26.4 Å². The van der Waals surface area contributed by atoms with Crippen LogP contribution in [-0.4, -0.2) is 47.0 Å². The molecule has 0 amide bonds. The van der Waals surface area contributed by atoms with Gasteiger partial charge < -0.3 is 4.74 Å². The van der Waals surface area contributed by atoms with E-state index in [2.05, 4.69) is 48.2 Å². The van der Waals surface area contributed by atoms with Gasteiger partial charge in [0.15, 0.2) is 15.8 Å². The maximum atomic E-state index is 12.3. The molecule has 0 saturated carbocycles. The largest absolute Gasteiger partial charge is 0.379 e. The summed E-state index contributed by atoms with van der Waals surface area (Å²) >= 11 is 1.57. The molecule has 146 valence electrons. The van der Waals surface area contributed by atoms with Crippen molar-refractivity contribution >= 4 is 28.3 Å². The van der Waals surface area contributed by atoms with Crippen molar-refractivity contribution in [2.45, 2.75) is 25.3 Å². The average Bonchev–Trinajstić information content (AvgIpc) is 3.12. The molecule has 2 aliphatic heterocycles. The smallest absolute Gasteiger partial charge is 0.186 e. The molecule has 4 rings (SSSR count). The van der Waals surface area contributed by atoms with Crippen molar-refractivity contribution in [2.24, 2.45) is 5.10 Å². The number of carbonyl (C=O) groups excluding carboxylic acids is 1. The molecule has 0 aliphatic carbocycles. The maximum Gasteiger partial charge on any atom is 0.186 e. The average molecular weight is 396 g/mol. The maximum absolute atomic E-state index is 12.3. The van der Waals surface area contributed by atoms with Crippen LogP contribution in [0.5, 0.6) is 0 Å². The van der Waals surface area contributed by atoms with E-state index >= 15 is 0 Å². The minimum absolute atomic E-state index is 0.00460. The second-order valence-corrected chi connectivity index (χ2v) is 8.46. The Morgan fingerprint density at radius 3 is 2.43 bits per heavy atom. The van der Waals surface area contributed by atoms with Crippen LogP contribution < -0.4 is 5.01 Å². The summed E-state index contributed by atoms with van der Waals surface area (Å²) in [5.41, 5.74) is 3.46. The number of hydrogen-bond acceptors (Lipinski definition) is 6. The van der Waals surface area contributed by atoms with Crippen molar-refractivity contribution in [3.8, 4) is 0 Å². The molecule has 1 fully saturated rings. The molecule has 1 atom stereocenters. The normalized spacial score (nSPS) is 22.9. The summed E-state index contributed by atoms with van der Waals surface area (Å²) in [5, 5.41) is 7.38. The number of nitrogens with zero attached hydrogens (tertiary/aromatic N) is 3. The number of thioether (sulfide) groups is 1. The number of ketones is 1. The van der Waals surface area contributed by atoms with Gasteiger partial charge in [-0.1, -0.05) is 59.8 Å². The van der Waals surface area contributed by atoms with Crippen molar-refractivity contribution in [1.29, 1.82) is 0 Å². The highest BCUT2D eigenvalue weighted by molar-refractivity contribution is 8.17. The highest BCUT2D eigenvalue weighted by Crippen LogP contribution is 2.45. The second-order valence-electron chi connectivity index (χ2n) is 7.22. The molecule has 2 aromatic carbocycles. The van der Waals surface area contributed by atoms with Gasteiger partial charge in [-0.3, -0.25) is 9.69 Å². The number of carbonyl (C=O) groups is 1. The molecule has 0 N–H and O–H groups in total. The molecule has 5 nitrogen and oxygen atoms in total.